The van der Waals surface area contributed by atoms with Crippen molar-refractivity contribution in [2.24, 2.45) is 5.73 Å². The molecule has 0 saturated carbocycles. The van der Waals surface area contributed by atoms with Gasteiger partial charge in [-0.05, 0) is 70.4 Å². The Labute approximate surface area is 236 Å². The van der Waals surface area contributed by atoms with Gasteiger partial charge in [-0.1, -0.05) is 12.1 Å². The number of hydrogen-bond donors (Lipinski definition) is 3. The average molecular weight is 563 g/mol. The fourth-order valence-electron chi connectivity index (χ4n) is 5.21. The Hall–Kier alpha value is -4.54. The van der Waals surface area contributed by atoms with E-state index in [0.717, 1.165) is 22.7 Å². The van der Waals surface area contributed by atoms with Gasteiger partial charge in [0.1, 0.15) is 11.4 Å². The summed E-state index contributed by atoms with van der Waals surface area (Å²) < 4.78 is 34.6. The number of nitrogens with zero attached hydrogens (tertiary/aromatic N) is 3. The molecule has 4 aromatic rings. The van der Waals surface area contributed by atoms with Gasteiger partial charge in [0.05, 0.1) is 33.4 Å². The zero-order valence-electron chi connectivity index (χ0n) is 23.6. The number of ether oxygens (including phenoxy) is 1. The SMILES string of the molecule is Cc1cccc2[nH]c(-c3cncc(-c4cc(F)c(F)c(C(N)=O)c4)c3N3CCC(C)(NC(=O)OC(C)(C)C)C3)nc12. The minimum Gasteiger partial charge on any atom is -0.444 e. The Morgan fingerprint density at radius 3 is 2.59 bits per heavy atom. The molecular formula is C30H32F2N6O3. The van der Waals surface area contributed by atoms with Gasteiger partial charge in [-0.15, -0.1) is 0 Å². The highest BCUT2D eigenvalue weighted by molar-refractivity contribution is 5.97. The van der Waals surface area contributed by atoms with Crippen LogP contribution < -0.4 is 16.0 Å². The molecular weight excluding hydrogens is 530 g/mol. The number of carbonyl (C=O) groups is 2. The van der Waals surface area contributed by atoms with Crippen molar-refractivity contribution in [1.82, 2.24) is 20.3 Å². The number of rotatable bonds is 5. The number of benzene rings is 2. The number of amides is 2. The third-order valence-electron chi connectivity index (χ3n) is 7.08. The molecule has 214 valence electrons. The van der Waals surface area contributed by atoms with Crippen molar-refractivity contribution in [3.8, 4) is 22.5 Å². The molecule has 1 aliphatic heterocycles. The number of nitrogens with two attached hydrogens (primary N) is 1. The molecule has 2 amide bonds. The Bertz CT molecular complexity index is 1680. The van der Waals surface area contributed by atoms with Gasteiger partial charge in [0, 0.05) is 31.0 Å². The normalized spacial score (nSPS) is 17.2. The molecule has 1 fully saturated rings. The number of alkyl carbamates (subject to hydrolysis) is 1. The lowest BCUT2D eigenvalue weighted by atomic mass is 9.98. The second-order valence-corrected chi connectivity index (χ2v) is 11.7. The largest absolute Gasteiger partial charge is 0.444 e. The molecule has 4 N–H and O–H groups in total. The first-order valence-corrected chi connectivity index (χ1v) is 13.2. The van der Waals surface area contributed by atoms with Crippen LogP contribution in [0, 0.1) is 18.6 Å². The van der Waals surface area contributed by atoms with Gasteiger partial charge >= 0.3 is 6.09 Å². The lowest BCUT2D eigenvalue weighted by Gasteiger charge is -2.30. The molecule has 1 aliphatic rings. The van der Waals surface area contributed by atoms with Crippen molar-refractivity contribution in [3.63, 3.8) is 0 Å². The van der Waals surface area contributed by atoms with Crippen LogP contribution >= 0.6 is 0 Å². The number of pyridine rings is 1. The molecule has 0 spiro atoms. The molecule has 1 atom stereocenters. The highest BCUT2D eigenvalue weighted by Crippen LogP contribution is 2.42. The Kier molecular flexibility index (Phi) is 6.92. The van der Waals surface area contributed by atoms with Gasteiger partial charge in [0.2, 0.25) is 0 Å². The zero-order valence-corrected chi connectivity index (χ0v) is 23.6. The first-order valence-electron chi connectivity index (χ1n) is 13.2. The number of aromatic amines is 1. The van der Waals surface area contributed by atoms with Crippen LogP contribution in [0.15, 0.2) is 42.7 Å². The van der Waals surface area contributed by atoms with Crippen LogP contribution in [-0.2, 0) is 4.74 Å². The van der Waals surface area contributed by atoms with Crippen LogP contribution in [0.2, 0.25) is 0 Å². The number of halogens is 2. The smallest absolute Gasteiger partial charge is 0.408 e. The van der Waals surface area contributed by atoms with Crippen LogP contribution in [0.25, 0.3) is 33.5 Å². The van der Waals surface area contributed by atoms with E-state index in [2.05, 4.69) is 15.3 Å². The van der Waals surface area contributed by atoms with Crippen molar-refractivity contribution >= 4 is 28.7 Å². The van der Waals surface area contributed by atoms with Gasteiger partial charge < -0.3 is 25.7 Å². The van der Waals surface area contributed by atoms with Crippen LogP contribution in [0.4, 0.5) is 19.3 Å². The summed E-state index contributed by atoms with van der Waals surface area (Å²) in [6.45, 7) is 10.2. The summed E-state index contributed by atoms with van der Waals surface area (Å²) in [7, 11) is 0. The molecule has 11 heteroatoms. The predicted molar refractivity (Wildman–Crippen MR) is 153 cm³/mol. The Morgan fingerprint density at radius 2 is 1.90 bits per heavy atom. The van der Waals surface area contributed by atoms with Crippen molar-refractivity contribution in [1.29, 1.82) is 0 Å². The highest BCUT2D eigenvalue weighted by atomic mass is 19.2. The first kappa shape index (κ1) is 28.0. The molecule has 0 bridgehead atoms. The molecule has 1 unspecified atom stereocenters. The number of nitrogens with one attached hydrogen (secondary N) is 2. The quantitative estimate of drug-likeness (QED) is 0.296. The summed E-state index contributed by atoms with van der Waals surface area (Å²) in [6.07, 6.45) is 3.23. The van der Waals surface area contributed by atoms with E-state index < -0.39 is 40.3 Å². The number of imidazole rings is 1. The molecule has 5 rings (SSSR count). The summed E-state index contributed by atoms with van der Waals surface area (Å²) in [4.78, 5) is 39.2. The van der Waals surface area contributed by atoms with Crippen molar-refractivity contribution < 1.29 is 23.1 Å². The van der Waals surface area contributed by atoms with Gasteiger partial charge in [0.25, 0.3) is 5.91 Å². The van der Waals surface area contributed by atoms with E-state index in [1.807, 2.05) is 36.9 Å². The van der Waals surface area contributed by atoms with E-state index in [9.17, 15) is 18.4 Å². The van der Waals surface area contributed by atoms with Crippen molar-refractivity contribution in [2.45, 2.75) is 52.2 Å². The number of fused-ring (bicyclic) bond motifs is 1. The van der Waals surface area contributed by atoms with Crippen molar-refractivity contribution in [2.75, 3.05) is 18.0 Å². The maximum atomic E-state index is 14.7. The lowest BCUT2D eigenvalue weighted by molar-refractivity contribution is 0.0473. The van der Waals surface area contributed by atoms with E-state index in [-0.39, 0.29) is 5.56 Å². The third kappa shape index (κ3) is 5.57. The van der Waals surface area contributed by atoms with Gasteiger partial charge in [-0.25, -0.2) is 18.6 Å². The van der Waals surface area contributed by atoms with E-state index in [1.165, 1.54) is 12.3 Å². The number of para-hydroxylation sites is 1. The summed E-state index contributed by atoms with van der Waals surface area (Å²) in [5.74, 6) is -3.07. The van der Waals surface area contributed by atoms with E-state index in [0.29, 0.717) is 42.1 Å². The van der Waals surface area contributed by atoms with Crippen LogP contribution in [0.1, 0.15) is 50.0 Å². The number of primary amides is 1. The fourth-order valence-corrected chi connectivity index (χ4v) is 5.21. The number of anilines is 1. The predicted octanol–water partition coefficient (Wildman–Crippen LogP) is 5.47. The fraction of sp³-hybridized carbons (Fsp3) is 0.333. The molecule has 3 heterocycles. The van der Waals surface area contributed by atoms with Gasteiger partial charge in [-0.3, -0.25) is 9.78 Å². The second-order valence-electron chi connectivity index (χ2n) is 11.7. The molecule has 9 nitrogen and oxygen atoms in total. The standard InChI is InChI=1S/C30H32F2N6O3/c1-16-7-6-8-22-24(16)36-27(35-22)20-14-34-13-19(17-11-18(26(33)39)23(32)21(31)12-17)25(20)38-10-9-30(5,15-38)37-28(40)41-29(2,3)4/h6-8,11-14H,9-10,15H2,1-5H3,(H2,33,39)(H,35,36)(H,37,40). The molecule has 2 aromatic carbocycles. The van der Waals surface area contributed by atoms with Gasteiger partial charge in [0.15, 0.2) is 11.6 Å². The zero-order chi connectivity index (χ0) is 29.7. The second kappa shape index (κ2) is 10.1. The minimum absolute atomic E-state index is 0.225. The maximum absolute atomic E-state index is 14.7. The topological polar surface area (TPSA) is 126 Å². The average Bonchev–Trinajstić information content (AvgIpc) is 3.48. The van der Waals surface area contributed by atoms with Crippen LogP contribution in [0.5, 0.6) is 0 Å². The van der Waals surface area contributed by atoms with Crippen molar-refractivity contribution in [3.05, 3.63) is 65.5 Å². The molecule has 41 heavy (non-hydrogen) atoms. The summed E-state index contributed by atoms with van der Waals surface area (Å²) >= 11 is 0. The molecule has 2 aromatic heterocycles. The molecule has 1 saturated heterocycles. The van der Waals surface area contributed by atoms with E-state index >= 15 is 0 Å². The number of carbonyl (C=O) groups excluding carboxylic acids is 2. The summed E-state index contributed by atoms with van der Waals surface area (Å²) in [5.41, 5.74) is 8.01. The molecule has 0 radical (unpaired) electrons. The van der Waals surface area contributed by atoms with E-state index in [4.69, 9.17) is 15.5 Å². The van der Waals surface area contributed by atoms with Crippen LogP contribution in [0.3, 0.4) is 0 Å². The third-order valence-corrected chi connectivity index (χ3v) is 7.08. The number of aromatic nitrogens is 3. The highest BCUT2D eigenvalue weighted by Gasteiger charge is 2.38. The minimum atomic E-state index is -1.31. The molecule has 0 aliphatic carbocycles. The summed E-state index contributed by atoms with van der Waals surface area (Å²) in [6, 6.07) is 8.05. The maximum Gasteiger partial charge on any atom is 0.408 e. The van der Waals surface area contributed by atoms with Gasteiger partial charge in [-0.2, -0.15) is 0 Å². The summed E-state index contributed by atoms with van der Waals surface area (Å²) in [5, 5.41) is 2.99. The lowest BCUT2D eigenvalue weighted by Crippen LogP contribution is -2.49. The van der Waals surface area contributed by atoms with E-state index in [1.54, 1.807) is 27.0 Å². The monoisotopic (exact) mass is 562 g/mol. The number of H-pyrrole nitrogens is 1. The Morgan fingerprint density at radius 1 is 1.17 bits per heavy atom. The van der Waals surface area contributed by atoms with Crippen LogP contribution in [-0.4, -0.2) is 51.2 Å². The first-order chi connectivity index (χ1) is 19.2. The number of hydrogen-bond acceptors (Lipinski definition) is 6. The Balaban J connectivity index is 1.65. The number of aryl methyl sites for hydroxylation is 1.